The van der Waals surface area contributed by atoms with E-state index in [1.165, 1.54) is 0 Å². The summed E-state index contributed by atoms with van der Waals surface area (Å²) in [5.41, 5.74) is 7.53. The number of aryl methyl sites for hydroxylation is 1. The van der Waals surface area contributed by atoms with Crippen LogP contribution < -0.4 is 15.8 Å². The first-order valence-corrected chi connectivity index (χ1v) is 6.15. The van der Waals surface area contributed by atoms with Crippen molar-refractivity contribution in [1.82, 2.24) is 5.32 Å². The van der Waals surface area contributed by atoms with Gasteiger partial charge in [0.05, 0.1) is 0 Å². The lowest BCUT2D eigenvalue weighted by Crippen LogP contribution is -2.43. The van der Waals surface area contributed by atoms with Crippen LogP contribution in [0.2, 0.25) is 0 Å². The van der Waals surface area contributed by atoms with Crippen LogP contribution in [-0.2, 0) is 4.79 Å². The van der Waals surface area contributed by atoms with Gasteiger partial charge in [-0.05, 0) is 37.1 Å². The summed E-state index contributed by atoms with van der Waals surface area (Å²) >= 11 is 0. The molecule has 0 saturated heterocycles. The molecule has 4 nitrogen and oxygen atoms in total. The normalized spacial score (nSPS) is 12.5. The van der Waals surface area contributed by atoms with Gasteiger partial charge < -0.3 is 15.8 Å². The molecule has 0 fully saturated rings. The summed E-state index contributed by atoms with van der Waals surface area (Å²) in [7, 11) is 1.69. The Kier molecular flexibility index (Phi) is 5.16. The van der Waals surface area contributed by atoms with Gasteiger partial charge in [-0.25, -0.2) is 0 Å². The van der Waals surface area contributed by atoms with Gasteiger partial charge in [-0.2, -0.15) is 0 Å². The zero-order valence-electron chi connectivity index (χ0n) is 11.5. The Morgan fingerprint density at radius 3 is 2.61 bits per heavy atom. The fourth-order valence-corrected chi connectivity index (χ4v) is 1.72. The number of primary amides is 1. The molecular formula is C14H22N2O2. The zero-order valence-corrected chi connectivity index (χ0v) is 11.5. The highest BCUT2D eigenvalue weighted by Crippen LogP contribution is 2.27. The van der Waals surface area contributed by atoms with Gasteiger partial charge >= 0.3 is 0 Å². The Morgan fingerprint density at radius 1 is 1.44 bits per heavy atom. The standard InChI is InChI=1S/C14H22N2O2/c1-9(2)11-6-5-10(3)7-13(11)18-8-12(16-4)14(15)17/h5-7,9,12,16H,8H2,1-4H3,(H2,15,17). The second kappa shape index (κ2) is 6.40. The molecule has 0 heterocycles. The van der Waals surface area contributed by atoms with Crippen LogP contribution in [0, 0.1) is 6.92 Å². The molecule has 0 aromatic heterocycles. The number of rotatable bonds is 6. The lowest BCUT2D eigenvalue weighted by atomic mass is 10.0. The van der Waals surface area contributed by atoms with Crippen molar-refractivity contribution < 1.29 is 9.53 Å². The van der Waals surface area contributed by atoms with E-state index in [2.05, 4.69) is 31.3 Å². The van der Waals surface area contributed by atoms with Crippen molar-refractivity contribution >= 4 is 5.91 Å². The lowest BCUT2D eigenvalue weighted by Gasteiger charge is -2.18. The molecule has 18 heavy (non-hydrogen) atoms. The highest BCUT2D eigenvalue weighted by Gasteiger charge is 2.15. The van der Waals surface area contributed by atoms with E-state index in [1.807, 2.05) is 13.0 Å². The van der Waals surface area contributed by atoms with Crippen LogP contribution >= 0.6 is 0 Å². The molecule has 4 heteroatoms. The summed E-state index contributed by atoms with van der Waals surface area (Å²) in [6.45, 7) is 6.48. The number of carbonyl (C=O) groups is 1. The average molecular weight is 250 g/mol. The molecule has 1 rings (SSSR count). The highest BCUT2D eigenvalue weighted by molar-refractivity contribution is 5.80. The van der Waals surface area contributed by atoms with Crippen molar-refractivity contribution in [3.05, 3.63) is 29.3 Å². The summed E-state index contributed by atoms with van der Waals surface area (Å²) in [6, 6.07) is 5.65. The van der Waals surface area contributed by atoms with Crippen molar-refractivity contribution in [2.24, 2.45) is 5.73 Å². The number of likely N-dealkylation sites (N-methyl/N-ethyl adjacent to an activating group) is 1. The van der Waals surface area contributed by atoms with Crippen molar-refractivity contribution in [2.75, 3.05) is 13.7 Å². The zero-order chi connectivity index (χ0) is 13.7. The Bertz CT molecular complexity index is 416. The summed E-state index contributed by atoms with van der Waals surface area (Å²) in [5, 5.41) is 2.84. The number of ether oxygens (including phenoxy) is 1. The van der Waals surface area contributed by atoms with Crippen LogP contribution in [0.25, 0.3) is 0 Å². The Balaban J connectivity index is 2.83. The van der Waals surface area contributed by atoms with Crippen LogP contribution in [0.4, 0.5) is 0 Å². The lowest BCUT2D eigenvalue weighted by molar-refractivity contribution is -0.120. The molecular weight excluding hydrogens is 228 g/mol. The van der Waals surface area contributed by atoms with E-state index in [-0.39, 0.29) is 6.61 Å². The monoisotopic (exact) mass is 250 g/mol. The molecule has 3 N–H and O–H groups in total. The van der Waals surface area contributed by atoms with Gasteiger partial charge in [0.2, 0.25) is 5.91 Å². The van der Waals surface area contributed by atoms with E-state index in [4.69, 9.17) is 10.5 Å². The number of amides is 1. The quantitative estimate of drug-likeness (QED) is 0.805. The summed E-state index contributed by atoms with van der Waals surface area (Å²) in [4.78, 5) is 11.1. The Morgan fingerprint density at radius 2 is 2.11 bits per heavy atom. The largest absolute Gasteiger partial charge is 0.491 e. The number of hydrogen-bond acceptors (Lipinski definition) is 3. The third-order valence-electron chi connectivity index (χ3n) is 2.89. The molecule has 0 spiro atoms. The molecule has 1 atom stereocenters. The molecule has 0 bridgehead atoms. The van der Waals surface area contributed by atoms with Crippen LogP contribution in [0.3, 0.4) is 0 Å². The third-order valence-corrected chi connectivity index (χ3v) is 2.89. The SMILES string of the molecule is CNC(COc1cc(C)ccc1C(C)C)C(N)=O. The van der Waals surface area contributed by atoms with Gasteiger partial charge in [0.15, 0.2) is 0 Å². The van der Waals surface area contributed by atoms with Crippen molar-refractivity contribution in [3.8, 4) is 5.75 Å². The molecule has 1 unspecified atom stereocenters. The summed E-state index contributed by atoms with van der Waals surface area (Å²) in [5.74, 6) is 0.796. The third kappa shape index (κ3) is 3.74. The minimum atomic E-state index is -0.467. The van der Waals surface area contributed by atoms with Crippen LogP contribution in [-0.4, -0.2) is 25.6 Å². The van der Waals surface area contributed by atoms with E-state index in [1.54, 1.807) is 7.05 Å². The van der Waals surface area contributed by atoms with E-state index in [0.717, 1.165) is 16.9 Å². The Labute approximate surface area is 109 Å². The minimum absolute atomic E-state index is 0.245. The molecule has 0 aliphatic carbocycles. The van der Waals surface area contributed by atoms with Gasteiger partial charge in [0, 0.05) is 0 Å². The molecule has 0 aliphatic rings. The highest BCUT2D eigenvalue weighted by atomic mass is 16.5. The number of nitrogens with one attached hydrogen (secondary N) is 1. The Hall–Kier alpha value is -1.55. The first-order chi connectivity index (χ1) is 8.45. The molecule has 1 aromatic rings. The molecule has 0 saturated carbocycles. The summed E-state index contributed by atoms with van der Waals surface area (Å²) in [6.07, 6.45) is 0. The van der Waals surface area contributed by atoms with Crippen LogP contribution in [0.15, 0.2) is 18.2 Å². The van der Waals surface area contributed by atoms with Gasteiger partial charge in [-0.1, -0.05) is 26.0 Å². The first kappa shape index (κ1) is 14.5. The second-order valence-electron chi connectivity index (χ2n) is 4.75. The summed E-state index contributed by atoms with van der Waals surface area (Å²) < 4.78 is 5.73. The van der Waals surface area contributed by atoms with Crippen LogP contribution in [0.1, 0.15) is 30.9 Å². The van der Waals surface area contributed by atoms with E-state index in [9.17, 15) is 4.79 Å². The molecule has 1 amide bonds. The predicted octanol–water partition coefficient (Wildman–Crippen LogP) is 1.57. The van der Waals surface area contributed by atoms with Crippen LogP contribution in [0.5, 0.6) is 5.75 Å². The molecule has 1 aromatic carbocycles. The van der Waals surface area contributed by atoms with Gasteiger partial charge in [0.25, 0.3) is 0 Å². The van der Waals surface area contributed by atoms with E-state index < -0.39 is 11.9 Å². The average Bonchev–Trinajstić information content (AvgIpc) is 2.29. The molecule has 100 valence electrons. The smallest absolute Gasteiger partial charge is 0.238 e. The van der Waals surface area contributed by atoms with Crippen molar-refractivity contribution in [2.45, 2.75) is 32.7 Å². The minimum Gasteiger partial charge on any atom is -0.491 e. The number of nitrogens with two attached hydrogens (primary N) is 1. The van der Waals surface area contributed by atoms with Crippen molar-refractivity contribution in [1.29, 1.82) is 0 Å². The van der Waals surface area contributed by atoms with Gasteiger partial charge in [0.1, 0.15) is 18.4 Å². The van der Waals surface area contributed by atoms with E-state index >= 15 is 0 Å². The predicted molar refractivity (Wildman–Crippen MR) is 72.8 cm³/mol. The fourth-order valence-electron chi connectivity index (χ4n) is 1.72. The fraction of sp³-hybridized carbons (Fsp3) is 0.500. The topological polar surface area (TPSA) is 64.3 Å². The second-order valence-corrected chi connectivity index (χ2v) is 4.75. The van der Waals surface area contributed by atoms with Gasteiger partial charge in [-0.15, -0.1) is 0 Å². The van der Waals surface area contributed by atoms with Gasteiger partial charge in [-0.3, -0.25) is 4.79 Å². The number of benzene rings is 1. The number of hydrogen-bond donors (Lipinski definition) is 2. The number of carbonyl (C=O) groups excluding carboxylic acids is 1. The van der Waals surface area contributed by atoms with E-state index in [0.29, 0.717) is 5.92 Å². The maximum absolute atomic E-state index is 11.1. The first-order valence-electron chi connectivity index (χ1n) is 6.15. The molecule has 0 aliphatic heterocycles. The molecule has 0 radical (unpaired) electrons. The van der Waals surface area contributed by atoms with Crippen molar-refractivity contribution in [3.63, 3.8) is 0 Å². The maximum Gasteiger partial charge on any atom is 0.238 e. The maximum atomic E-state index is 11.1.